The van der Waals surface area contributed by atoms with E-state index in [1.807, 2.05) is 0 Å². The van der Waals surface area contributed by atoms with Gasteiger partial charge in [-0.05, 0) is 6.08 Å². The Balaban J connectivity index is 2.38. The Bertz CT molecular complexity index is 201. The monoisotopic (exact) mass is 188 g/mol. The van der Waals surface area contributed by atoms with Gasteiger partial charge in [0.1, 0.15) is 6.10 Å². The van der Waals surface area contributed by atoms with Gasteiger partial charge in [-0.1, -0.05) is 0 Å². The highest BCUT2D eigenvalue weighted by molar-refractivity contribution is 5.60. The first-order chi connectivity index (χ1) is 6.26. The molecule has 1 aliphatic rings. The lowest BCUT2D eigenvalue weighted by Gasteiger charge is -2.23. The van der Waals surface area contributed by atoms with Crippen LogP contribution in [0.2, 0.25) is 0 Å². The first-order valence-corrected chi connectivity index (χ1v) is 3.85. The minimum atomic E-state index is -0.702. The molecule has 0 fully saturated rings. The quantitative estimate of drug-likeness (QED) is 0.606. The maximum absolute atomic E-state index is 10.7. The van der Waals surface area contributed by atoms with E-state index in [4.69, 9.17) is 14.2 Å². The van der Waals surface area contributed by atoms with Crippen LogP contribution in [0.15, 0.2) is 12.3 Å². The molecule has 0 amide bonds. The Morgan fingerprint density at radius 1 is 1.54 bits per heavy atom. The maximum Gasteiger partial charge on any atom is 0.508 e. The number of carbonyl (C=O) groups excluding carboxylic acids is 1. The summed E-state index contributed by atoms with van der Waals surface area (Å²) in [7, 11) is 2.79. The van der Waals surface area contributed by atoms with E-state index < -0.39 is 6.16 Å². The van der Waals surface area contributed by atoms with Gasteiger partial charge in [0, 0.05) is 7.11 Å². The third-order valence-corrected chi connectivity index (χ3v) is 1.63. The van der Waals surface area contributed by atoms with Crippen molar-refractivity contribution >= 4 is 6.16 Å². The van der Waals surface area contributed by atoms with Crippen molar-refractivity contribution in [1.29, 1.82) is 0 Å². The maximum atomic E-state index is 10.7. The van der Waals surface area contributed by atoms with E-state index in [-0.39, 0.29) is 12.4 Å². The van der Waals surface area contributed by atoms with E-state index in [0.717, 1.165) is 0 Å². The molecule has 0 radical (unpaired) electrons. The SMILES string of the molecule is COC(=O)OC1C=COC(OC)C1. The van der Waals surface area contributed by atoms with Gasteiger partial charge in [-0.3, -0.25) is 0 Å². The number of ether oxygens (including phenoxy) is 4. The third kappa shape index (κ3) is 2.95. The number of hydrogen-bond donors (Lipinski definition) is 0. The van der Waals surface area contributed by atoms with E-state index in [1.165, 1.54) is 20.5 Å². The van der Waals surface area contributed by atoms with Gasteiger partial charge in [0.05, 0.1) is 19.8 Å². The van der Waals surface area contributed by atoms with E-state index in [0.29, 0.717) is 6.42 Å². The van der Waals surface area contributed by atoms with Gasteiger partial charge in [0.25, 0.3) is 0 Å². The summed E-state index contributed by atoms with van der Waals surface area (Å²) in [6, 6.07) is 0. The van der Waals surface area contributed by atoms with Crippen molar-refractivity contribution in [2.75, 3.05) is 14.2 Å². The predicted molar refractivity (Wildman–Crippen MR) is 42.9 cm³/mol. The van der Waals surface area contributed by atoms with Crippen LogP contribution in [0, 0.1) is 0 Å². The Morgan fingerprint density at radius 2 is 2.31 bits per heavy atom. The standard InChI is InChI=1S/C8H12O5/c1-10-7-5-6(3-4-12-7)13-8(9)11-2/h3-4,6-7H,5H2,1-2H3. The van der Waals surface area contributed by atoms with Gasteiger partial charge in [0.15, 0.2) is 0 Å². The molecule has 0 N–H and O–H groups in total. The van der Waals surface area contributed by atoms with Crippen molar-refractivity contribution in [2.45, 2.75) is 18.8 Å². The van der Waals surface area contributed by atoms with Gasteiger partial charge in [-0.15, -0.1) is 0 Å². The zero-order valence-electron chi connectivity index (χ0n) is 7.56. The highest BCUT2D eigenvalue weighted by Gasteiger charge is 2.21. The van der Waals surface area contributed by atoms with Crippen LogP contribution in [-0.2, 0) is 18.9 Å². The molecule has 1 heterocycles. The first kappa shape index (κ1) is 9.85. The van der Waals surface area contributed by atoms with Crippen LogP contribution in [0.4, 0.5) is 4.79 Å². The molecule has 0 bridgehead atoms. The second kappa shape index (κ2) is 4.71. The Hall–Kier alpha value is -1.23. The first-order valence-electron chi connectivity index (χ1n) is 3.85. The van der Waals surface area contributed by atoms with E-state index in [1.54, 1.807) is 6.08 Å². The molecule has 2 unspecified atom stereocenters. The summed E-state index contributed by atoms with van der Waals surface area (Å²) in [5, 5.41) is 0. The fourth-order valence-corrected chi connectivity index (χ4v) is 0.955. The molecule has 2 atom stereocenters. The average molecular weight is 188 g/mol. The number of methoxy groups -OCH3 is 2. The fraction of sp³-hybridized carbons (Fsp3) is 0.625. The van der Waals surface area contributed by atoms with E-state index in [2.05, 4.69) is 4.74 Å². The molecular formula is C8H12O5. The van der Waals surface area contributed by atoms with Crippen molar-refractivity contribution in [3.05, 3.63) is 12.3 Å². The lowest BCUT2D eigenvalue weighted by Crippen LogP contribution is -2.27. The normalized spacial score (nSPS) is 26.3. The number of carbonyl (C=O) groups is 1. The third-order valence-electron chi connectivity index (χ3n) is 1.63. The highest BCUT2D eigenvalue weighted by Crippen LogP contribution is 2.14. The summed E-state index contributed by atoms with van der Waals surface area (Å²) in [6.45, 7) is 0. The van der Waals surface area contributed by atoms with Gasteiger partial charge >= 0.3 is 6.16 Å². The molecule has 0 aromatic heterocycles. The molecular weight excluding hydrogens is 176 g/mol. The summed E-state index contributed by atoms with van der Waals surface area (Å²) in [4.78, 5) is 10.7. The lowest BCUT2D eigenvalue weighted by molar-refractivity contribution is -0.113. The number of rotatable bonds is 2. The zero-order chi connectivity index (χ0) is 9.68. The summed E-state index contributed by atoms with van der Waals surface area (Å²) in [6.07, 6.45) is 2.15. The topological polar surface area (TPSA) is 54.0 Å². The van der Waals surface area contributed by atoms with Crippen LogP contribution >= 0.6 is 0 Å². The van der Waals surface area contributed by atoms with Crippen LogP contribution in [0.1, 0.15) is 6.42 Å². The average Bonchev–Trinajstić information content (AvgIpc) is 2.18. The second-order valence-corrected chi connectivity index (χ2v) is 2.48. The van der Waals surface area contributed by atoms with Crippen molar-refractivity contribution in [1.82, 2.24) is 0 Å². The lowest BCUT2D eigenvalue weighted by atomic mass is 10.2. The van der Waals surface area contributed by atoms with Crippen LogP contribution in [-0.4, -0.2) is 32.8 Å². The summed E-state index contributed by atoms with van der Waals surface area (Å²) in [5.74, 6) is 0. The Kier molecular flexibility index (Phi) is 3.57. The molecule has 5 nitrogen and oxygen atoms in total. The summed E-state index contributed by atoms with van der Waals surface area (Å²) < 4.78 is 19.2. The fourth-order valence-electron chi connectivity index (χ4n) is 0.955. The van der Waals surface area contributed by atoms with Crippen molar-refractivity contribution in [2.24, 2.45) is 0 Å². The van der Waals surface area contributed by atoms with Crippen LogP contribution in [0.5, 0.6) is 0 Å². The minimum absolute atomic E-state index is 0.342. The van der Waals surface area contributed by atoms with Gasteiger partial charge in [-0.25, -0.2) is 4.79 Å². The van der Waals surface area contributed by atoms with Crippen molar-refractivity contribution < 1.29 is 23.7 Å². The van der Waals surface area contributed by atoms with Gasteiger partial charge in [-0.2, -0.15) is 0 Å². The Morgan fingerprint density at radius 3 is 2.92 bits per heavy atom. The second-order valence-electron chi connectivity index (χ2n) is 2.48. The summed E-state index contributed by atoms with van der Waals surface area (Å²) in [5.41, 5.74) is 0. The largest absolute Gasteiger partial charge is 0.508 e. The molecule has 0 spiro atoms. The van der Waals surface area contributed by atoms with E-state index in [9.17, 15) is 4.79 Å². The van der Waals surface area contributed by atoms with Crippen LogP contribution < -0.4 is 0 Å². The highest BCUT2D eigenvalue weighted by atomic mass is 16.7. The molecule has 13 heavy (non-hydrogen) atoms. The van der Waals surface area contributed by atoms with E-state index >= 15 is 0 Å². The molecule has 0 saturated heterocycles. The van der Waals surface area contributed by atoms with Crippen LogP contribution in [0.3, 0.4) is 0 Å². The predicted octanol–water partition coefficient (Wildman–Crippen LogP) is 1.04. The molecule has 0 aromatic rings. The van der Waals surface area contributed by atoms with Crippen molar-refractivity contribution in [3.63, 3.8) is 0 Å². The van der Waals surface area contributed by atoms with Crippen molar-refractivity contribution in [3.8, 4) is 0 Å². The molecule has 0 aliphatic carbocycles. The summed E-state index contributed by atoms with van der Waals surface area (Å²) >= 11 is 0. The Labute approximate surface area is 76.2 Å². The molecule has 0 aromatic carbocycles. The number of hydrogen-bond acceptors (Lipinski definition) is 5. The molecule has 5 heteroatoms. The molecule has 1 aliphatic heterocycles. The molecule has 0 saturated carbocycles. The smallest absolute Gasteiger partial charge is 0.473 e. The van der Waals surface area contributed by atoms with Crippen LogP contribution in [0.25, 0.3) is 0 Å². The van der Waals surface area contributed by atoms with Gasteiger partial charge < -0.3 is 18.9 Å². The molecule has 74 valence electrons. The zero-order valence-corrected chi connectivity index (χ0v) is 7.56. The minimum Gasteiger partial charge on any atom is -0.473 e. The van der Waals surface area contributed by atoms with Gasteiger partial charge in [0.2, 0.25) is 6.29 Å². The molecule has 1 rings (SSSR count).